The van der Waals surface area contributed by atoms with E-state index >= 15 is 0 Å². The highest BCUT2D eigenvalue weighted by atomic mass is 32.2. The second kappa shape index (κ2) is 6.44. The third-order valence-corrected chi connectivity index (χ3v) is 5.57. The van der Waals surface area contributed by atoms with Crippen molar-refractivity contribution < 1.29 is 17.6 Å². The average molecular weight is 359 g/mol. The van der Waals surface area contributed by atoms with Crippen molar-refractivity contribution in [3.05, 3.63) is 76.5 Å². The van der Waals surface area contributed by atoms with Crippen LogP contribution >= 0.6 is 0 Å². The van der Waals surface area contributed by atoms with E-state index in [2.05, 4.69) is 0 Å². The number of anilines is 1. The molecule has 0 fully saturated rings. The van der Waals surface area contributed by atoms with E-state index in [0.29, 0.717) is 5.69 Å². The summed E-state index contributed by atoms with van der Waals surface area (Å²) >= 11 is 0. The fraction of sp³-hybridized carbons (Fsp3) is 0.211. The van der Waals surface area contributed by atoms with Crippen LogP contribution in [-0.4, -0.2) is 26.1 Å². The summed E-state index contributed by atoms with van der Waals surface area (Å²) in [4.78, 5) is 14.5. The van der Waals surface area contributed by atoms with E-state index < -0.39 is 27.6 Å². The van der Waals surface area contributed by atoms with E-state index in [-0.39, 0.29) is 11.3 Å². The molecule has 0 aliphatic carbocycles. The maximum absolute atomic E-state index is 14.2. The smallest absolute Gasteiger partial charge is 0.261 e. The van der Waals surface area contributed by atoms with Crippen LogP contribution in [0.15, 0.2) is 53.9 Å². The molecule has 0 spiro atoms. The van der Waals surface area contributed by atoms with Crippen LogP contribution in [0, 0.1) is 19.7 Å². The van der Waals surface area contributed by atoms with Gasteiger partial charge < -0.3 is 4.90 Å². The van der Waals surface area contributed by atoms with Gasteiger partial charge in [-0.05, 0) is 49.2 Å². The number of amides is 1. The number of sulfone groups is 1. The summed E-state index contributed by atoms with van der Waals surface area (Å²) < 4.78 is 37.9. The summed E-state index contributed by atoms with van der Waals surface area (Å²) in [5.41, 5.74) is 2.24. The Morgan fingerprint density at radius 1 is 1.16 bits per heavy atom. The summed E-state index contributed by atoms with van der Waals surface area (Å²) in [6, 6.07) is 10.6. The molecule has 1 unspecified atom stereocenters. The number of halogens is 1. The Hall–Kier alpha value is -2.47. The number of hydrogen-bond acceptors (Lipinski definition) is 3. The lowest BCUT2D eigenvalue weighted by molar-refractivity contribution is 0.0979. The summed E-state index contributed by atoms with van der Waals surface area (Å²) in [5.74, 6) is -1.40. The van der Waals surface area contributed by atoms with Gasteiger partial charge in [-0.25, -0.2) is 12.8 Å². The molecule has 1 heterocycles. The van der Waals surface area contributed by atoms with Gasteiger partial charge in [0.15, 0.2) is 9.84 Å². The fourth-order valence-electron chi connectivity index (χ4n) is 2.90. The molecule has 1 atom stereocenters. The van der Waals surface area contributed by atoms with Crippen LogP contribution < -0.4 is 4.90 Å². The fourth-order valence-corrected chi connectivity index (χ4v) is 4.17. The highest BCUT2D eigenvalue weighted by molar-refractivity contribution is 7.94. The summed E-state index contributed by atoms with van der Waals surface area (Å²) in [6.07, 6.45) is 1.48. The predicted molar refractivity (Wildman–Crippen MR) is 95.8 cm³/mol. The number of carbonyl (C=O) groups is 1. The van der Waals surface area contributed by atoms with Crippen molar-refractivity contribution in [2.45, 2.75) is 19.9 Å². The highest BCUT2D eigenvalue weighted by Crippen LogP contribution is 2.29. The molecule has 4 nitrogen and oxygen atoms in total. The summed E-state index contributed by atoms with van der Waals surface area (Å²) in [5, 5.41) is 1.12. The van der Waals surface area contributed by atoms with Crippen molar-refractivity contribution in [1.29, 1.82) is 0 Å². The number of nitrogens with zero attached hydrogens (tertiary/aromatic N) is 1. The highest BCUT2D eigenvalue weighted by Gasteiger charge is 2.33. The third-order valence-electron chi connectivity index (χ3n) is 4.19. The first kappa shape index (κ1) is 17.4. The van der Waals surface area contributed by atoms with Gasteiger partial charge in [-0.1, -0.05) is 24.3 Å². The van der Waals surface area contributed by atoms with Crippen LogP contribution in [0.4, 0.5) is 10.1 Å². The number of benzene rings is 2. The molecule has 6 heteroatoms. The van der Waals surface area contributed by atoms with Crippen molar-refractivity contribution >= 4 is 21.4 Å². The molecular weight excluding hydrogens is 341 g/mol. The van der Waals surface area contributed by atoms with Crippen LogP contribution in [0.3, 0.4) is 0 Å². The molecule has 2 aromatic rings. The van der Waals surface area contributed by atoms with Gasteiger partial charge in [0.25, 0.3) is 5.91 Å². The van der Waals surface area contributed by atoms with Crippen molar-refractivity contribution in [3.63, 3.8) is 0 Å². The zero-order valence-electron chi connectivity index (χ0n) is 13.9. The van der Waals surface area contributed by atoms with Gasteiger partial charge in [0.05, 0.1) is 17.4 Å². The quantitative estimate of drug-likeness (QED) is 0.844. The Morgan fingerprint density at radius 2 is 1.88 bits per heavy atom. The Balaban J connectivity index is 2.13. The van der Waals surface area contributed by atoms with Crippen LogP contribution in [0.25, 0.3) is 0 Å². The molecule has 1 amide bonds. The zero-order valence-corrected chi connectivity index (χ0v) is 14.8. The molecule has 0 aromatic heterocycles. The van der Waals surface area contributed by atoms with Crippen molar-refractivity contribution in [1.82, 2.24) is 0 Å². The second-order valence-corrected chi connectivity index (χ2v) is 8.10. The Morgan fingerprint density at radius 3 is 2.52 bits per heavy atom. The Bertz CT molecular complexity index is 966. The van der Waals surface area contributed by atoms with Gasteiger partial charge in [0.2, 0.25) is 0 Å². The number of hydrogen-bond donors (Lipinski definition) is 0. The molecule has 0 saturated heterocycles. The minimum absolute atomic E-state index is 0.0823. The van der Waals surface area contributed by atoms with Gasteiger partial charge >= 0.3 is 0 Å². The summed E-state index contributed by atoms with van der Waals surface area (Å²) in [6.45, 7) is 3.72. The Kier molecular flexibility index (Phi) is 4.47. The van der Waals surface area contributed by atoms with E-state index in [1.807, 2.05) is 32.0 Å². The van der Waals surface area contributed by atoms with E-state index in [9.17, 15) is 17.6 Å². The molecule has 0 N–H and O–H groups in total. The number of aryl methyl sites for hydroxylation is 2. The maximum Gasteiger partial charge on any atom is 0.261 e. The lowest BCUT2D eigenvalue weighted by Gasteiger charge is -2.29. The van der Waals surface area contributed by atoms with Gasteiger partial charge in [-0.15, -0.1) is 0 Å². The lowest BCUT2D eigenvalue weighted by atomic mass is 10.1. The minimum atomic E-state index is -3.37. The molecule has 130 valence electrons. The first-order valence-corrected chi connectivity index (χ1v) is 9.56. The first-order chi connectivity index (χ1) is 11.8. The van der Waals surface area contributed by atoms with Crippen molar-refractivity contribution in [2.24, 2.45) is 0 Å². The number of carbonyl (C=O) groups excluding carboxylic acids is 1. The zero-order chi connectivity index (χ0) is 18.2. The van der Waals surface area contributed by atoms with Gasteiger partial charge in [0.1, 0.15) is 5.82 Å². The first-order valence-electron chi connectivity index (χ1n) is 7.85. The molecule has 3 rings (SSSR count). The van der Waals surface area contributed by atoms with Crippen LogP contribution in [0.5, 0.6) is 0 Å². The lowest BCUT2D eigenvalue weighted by Crippen LogP contribution is -2.42. The van der Waals surface area contributed by atoms with Gasteiger partial charge in [-0.2, -0.15) is 0 Å². The average Bonchev–Trinajstić information content (AvgIpc) is 2.91. The molecule has 0 bridgehead atoms. The van der Waals surface area contributed by atoms with Crippen LogP contribution in [0.2, 0.25) is 0 Å². The van der Waals surface area contributed by atoms with Gasteiger partial charge in [0, 0.05) is 11.1 Å². The molecule has 2 aromatic carbocycles. The molecule has 1 aliphatic rings. The minimum Gasteiger partial charge on any atom is -0.300 e. The second-order valence-electron chi connectivity index (χ2n) is 6.17. The van der Waals surface area contributed by atoms with E-state index in [4.69, 9.17) is 0 Å². The normalized spacial score (nSPS) is 18.3. The SMILES string of the molecule is Cc1ccc(C)c(N(C(=O)c2ccccc2F)C2C=CS(=O)(=O)C2)c1. The Labute approximate surface area is 146 Å². The predicted octanol–water partition coefficient (Wildman–Crippen LogP) is 3.40. The topological polar surface area (TPSA) is 54.5 Å². The standard InChI is InChI=1S/C19H18FNO3S/c1-13-7-8-14(2)18(11-13)21(15-9-10-25(23,24)12-15)19(22)16-5-3-4-6-17(16)20/h3-11,15H,12H2,1-2H3. The maximum atomic E-state index is 14.2. The van der Waals surface area contributed by atoms with Crippen LogP contribution in [0.1, 0.15) is 21.5 Å². The van der Waals surface area contributed by atoms with E-state index in [1.54, 1.807) is 6.07 Å². The third kappa shape index (κ3) is 3.49. The van der Waals surface area contributed by atoms with Crippen LogP contribution in [-0.2, 0) is 9.84 Å². The summed E-state index contributed by atoms with van der Waals surface area (Å²) in [7, 11) is -3.37. The number of rotatable bonds is 3. The largest absolute Gasteiger partial charge is 0.300 e. The molecule has 1 aliphatic heterocycles. The van der Waals surface area contributed by atoms with Gasteiger partial charge in [-0.3, -0.25) is 4.79 Å². The molecular formula is C19H18FNO3S. The molecule has 0 saturated carbocycles. The van der Waals surface area contributed by atoms with Crippen molar-refractivity contribution in [3.8, 4) is 0 Å². The van der Waals surface area contributed by atoms with E-state index in [0.717, 1.165) is 16.5 Å². The molecule has 25 heavy (non-hydrogen) atoms. The monoisotopic (exact) mass is 359 g/mol. The van der Waals surface area contributed by atoms with E-state index in [1.165, 1.54) is 29.2 Å². The van der Waals surface area contributed by atoms with Crippen molar-refractivity contribution in [2.75, 3.05) is 10.7 Å². The molecule has 0 radical (unpaired) electrons.